The molecule has 2 heterocycles. The van der Waals surface area contributed by atoms with Crippen LogP contribution in [0.2, 0.25) is 0 Å². The summed E-state index contributed by atoms with van der Waals surface area (Å²) >= 11 is 0. The molecule has 1 aliphatic rings. The first-order valence-corrected chi connectivity index (χ1v) is 11.4. The number of fused-ring (bicyclic) bond motifs is 1. The third-order valence-electron chi connectivity index (χ3n) is 5.18. The number of nitrogens with zero attached hydrogens (tertiary/aromatic N) is 2. The van der Waals surface area contributed by atoms with Crippen molar-refractivity contribution in [3.63, 3.8) is 0 Å². The Morgan fingerprint density at radius 3 is 2.50 bits per heavy atom. The molecule has 6 nitrogen and oxygen atoms in total. The van der Waals surface area contributed by atoms with E-state index in [1.54, 1.807) is 53.7 Å². The second-order valence-corrected chi connectivity index (χ2v) is 8.97. The lowest BCUT2D eigenvalue weighted by Crippen LogP contribution is -2.28. The predicted octanol–water partition coefficient (Wildman–Crippen LogP) is 4.04. The van der Waals surface area contributed by atoms with Crippen LogP contribution in [0.25, 0.3) is 0 Å². The van der Waals surface area contributed by atoms with E-state index in [9.17, 15) is 13.2 Å². The highest BCUT2D eigenvalue weighted by Crippen LogP contribution is 2.32. The third kappa shape index (κ3) is 4.07. The molecule has 0 unspecified atom stereocenters. The number of nitrogens with one attached hydrogen (secondary N) is 1. The first kappa shape index (κ1) is 20.1. The van der Waals surface area contributed by atoms with Crippen LogP contribution in [0, 0.1) is 0 Å². The number of hydrogen-bond donors (Lipinski definition) is 1. The highest BCUT2D eigenvalue weighted by molar-refractivity contribution is 7.92. The first-order chi connectivity index (χ1) is 14.5. The molecule has 0 saturated heterocycles. The molecule has 0 fully saturated rings. The normalized spacial score (nSPS) is 13.2. The van der Waals surface area contributed by atoms with Crippen LogP contribution >= 0.6 is 0 Å². The van der Waals surface area contributed by atoms with Crippen LogP contribution in [0.3, 0.4) is 0 Å². The number of carbonyl (C=O) groups is 1. The number of aromatic nitrogens is 1. The second-order valence-electron chi connectivity index (χ2n) is 7.29. The fourth-order valence-corrected chi connectivity index (χ4v) is 4.69. The molecule has 0 aliphatic carbocycles. The lowest BCUT2D eigenvalue weighted by Gasteiger charge is -2.18. The maximum atomic E-state index is 12.9. The van der Waals surface area contributed by atoms with Crippen LogP contribution in [0.1, 0.15) is 34.8 Å². The van der Waals surface area contributed by atoms with E-state index in [0.29, 0.717) is 17.8 Å². The molecule has 1 N–H and O–H groups in total. The molecule has 1 amide bonds. The summed E-state index contributed by atoms with van der Waals surface area (Å²) in [4.78, 5) is 18.7. The minimum Gasteiger partial charge on any atom is -0.308 e. The highest BCUT2D eigenvalue weighted by Gasteiger charge is 2.26. The number of amides is 1. The second kappa shape index (κ2) is 8.28. The van der Waals surface area contributed by atoms with Gasteiger partial charge in [0.15, 0.2) is 0 Å². The molecular formula is C23H23N3O3S. The van der Waals surface area contributed by atoms with Crippen molar-refractivity contribution in [2.24, 2.45) is 0 Å². The Bertz CT molecular complexity index is 1160. The lowest BCUT2D eigenvalue weighted by atomic mass is 10.1. The van der Waals surface area contributed by atoms with Crippen molar-refractivity contribution in [3.8, 4) is 0 Å². The largest absolute Gasteiger partial charge is 0.308 e. The van der Waals surface area contributed by atoms with Crippen LogP contribution in [0.15, 0.2) is 71.9 Å². The van der Waals surface area contributed by atoms with Gasteiger partial charge in [-0.25, -0.2) is 8.42 Å². The zero-order valence-corrected chi connectivity index (χ0v) is 17.5. The number of hydrogen-bond acceptors (Lipinski definition) is 4. The van der Waals surface area contributed by atoms with E-state index in [1.807, 2.05) is 18.2 Å². The van der Waals surface area contributed by atoms with Gasteiger partial charge in [0.25, 0.3) is 15.9 Å². The molecule has 1 aliphatic heterocycles. The van der Waals surface area contributed by atoms with E-state index in [2.05, 4.69) is 16.6 Å². The van der Waals surface area contributed by atoms with E-state index < -0.39 is 10.0 Å². The number of pyridine rings is 1. The first-order valence-electron chi connectivity index (χ1n) is 9.94. The van der Waals surface area contributed by atoms with Gasteiger partial charge in [-0.05, 0) is 60.4 Å². The Labute approximate surface area is 176 Å². The number of benzene rings is 2. The maximum absolute atomic E-state index is 12.9. The number of rotatable bonds is 6. The van der Waals surface area contributed by atoms with Crippen molar-refractivity contribution in [2.45, 2.75) is 31.1 Å². The molecule has 7 heteroatoms. The topological polar surface area (TPSA) is 79.4 Å². The molecule has 3 aromatic rings. The number of aryl methyl sites for hydroxylation is 1. The number of carbonyl (C=O) groups excluding carboxylic acids is 1. The number of sulfonamides is 1. The molecule has 2 aromatic carbocycles. The van der Waals surface area contributed by atoms with E-state index >= 15 is 0 Å². The van der Waals surface area contributed by atoms with Crippen molar-refractivity contribution < 1.29 is 13.2 Å². The minimum atomic E-state index is -3.71. The van der Waals surface area contributed by atoms with Gasteiger partial charge in [-0.2, -0.15) is 0 Å². The maximum Gasteiger partial charge on any atom is 0.261 e. The fourth-order valence-electron chi connectivity index (χ4n) is 3.64. The van der Waals surface area contributed by atoms with Crippen molar-refractivity contribution in [1.82, 2.24) is 4.98 Å². The van der Waals surface area contributed by atoms with Crippen LogP contribution < -0.4 is 9.62 Å². The van der Waals surface area contributed by atoms with Crippen LogP contribution in [-0.4, -0.2) is 25.9 Å². The Morgan fingerprint density at radius 2 is 1.80 bits per heavy atom. The van der Waals surface area contributed by atoms with Gasteiger partial charge < -0.3 is 4.90 Å². The molecule has 0 saturated carbocycles. The summed E-state index contributed by atoms with van der Waals surface area (Å²) in [5, 5.41) is 0. The molecular weight excluding hydrogens is 398 g/mol. The molecule has 0 bridgehead atoms. The van der Waals surface area contributed by atoms with Gasteiger partial charge in [-0.3, -0.25) is 14.5 Å². The van der Waals surface area contributed by atoms with Crippen LogP contribution in [0.5, 0.6) is 0 Å². The fraction of sp³-hybridized carbons (Fsp3) is 0.217. The van der Waals surface area contributed by atoms with Gasteiger partial charge in [0, 0.05) is 30.2 Å². The van der Waals surface area contributed by atoms with Crippen molar-refractivity contribution in [1.29, 1.82) is 0 Å². The third-order valence-corrected chi connectivity index (χ3v) is 6.58. The summed E-state index contributed by atoms with van der Waals surface area (Å²) in [6.07, 6.45) is 5.83. The van der Waals surface area contributed by atoms with Gasteiger partial charge in [0.2, 0.25) is 0 Å². The number of anilines is 2. The van der Waals surface area contributed by atoms with Gasteiger partial charge in [0.05, 0.1) is 10.6 Å². The molecule has 1 aromatic heterocycles. The van der Waals surface area contributed by atoms with E-state index in [4.69, 9.17) is 0 Å². The molecule has 154 valence electrons. The average molecular weight is 422 g/mol. The van der Waals surface area contributed by atoms with Gasteiger partial charge in [0.1, 0.15) is 0 Å². The molecule has 0 atom stereocenters. The summed E-state index contributed by atoms with van der Waals surface area (Å²) in [6, 6.07) is 15.6. The van der Waals surface area contributed by atoms with Crippen molar-refractivity contribution in [2.75, 3.05) is 16.2 Å². The zero-order valence-electron chi connectivity index (χ0n) is 16.7. The minimum absolute atomic E-state index is 0.123. The SMILES string of the molecule is CCCc1ccc(S(=O)(=O)Nc2ccc3c(c2)N(C(=O)c2ccncc2)CC3)cc1. The average Bonchev–Trinajstić information content (AvgIpc) is 3.17. The predicted molar refractivity (Wildman–Crippen MR) is 117 cm³/mol. The molecule has 0 radical (unpaired) electrons. The summed E-state index contributed by atoms with van der Waals surface area (Å²) in [7, 11) is -3.71. The highest BCUT2D eigenvalue weighted by atomic mass is 32.2. The summed E-state index contributed by atoms with van der Waals surface area (Å²) < 4.78 is 28.3. The van der Waals surface area contributed by atoms with Crippen molar-refractivity contribution >= 4 is 27.3 Å². The molecule has 0 spiro atoms. The van der Waals surface area contributed by atoms with Gasteiger partial charge in [-0.1, -0.05) is 31.5 Å². The smallest absolute Gasteiger partial charge is 0.261 e. The quantitative estimate of drug-likeness (QED) is 0.652. The Kier molecular flexibility index (Phi) is 5.55. The Hall–Kier alpha value is -3.19. The zero-order chi connectivity index (χ0) is 21.1. The summed E-state index contributed by atoms with van der Waals surface area (Å²) in [6.45, 7) is 2.65. The van der Waals surface area contributed by atoms with Gasteiger partial charge >= 0.3 is 0 Å². The van der Waals surface area contributed by atoms with E-state index in [-0.39, 0.29) is 10.8 Å². The van der Waals surface area contributed by atoms with E-state index in [0.717, 1.165) is 36.1 Å². The van der Waals surface area contributed by atoms with Crippen LogP contribution in [0.4, 0.5) is 11.4 Å². The Balaban J connectivity index is 1.57. The molecule has 4 rings (SSSR count). The van der Waals surface area contributed by atoms with Crippen LogP contribution in [-0.2, 0) is 22.9 Å². The summed E-state index contributed by atoms with van der Waals surface area (Å²) in [5.74, 6) is -0.123. The summed E-state index contributed by atoms with van der Waals surface area (Å²) in [5.41, 5.74) is 3.84. The Morgan fingerprint density at radius 1 is 1.07 bits per heavy atom. The van der Waals surface area contributed by atoms with E-state index in [1.165, 1.54) is 0 Å². The lowest BCUT2D eigenvalue weighted by molar-refractivity contribution is 0.0989. The standard InChI is InChI=1S/C23H23N3O3S/c1-2-3-17-4-8-21(9-5-17)30(28,29)25-20-7-6-18-12-15-26(22(18)16-20)23(27)19-10-13-24-14-11-19/h4-11,13-14,16,25H,2-3,12,15H2,1H3. The molecule has 30 heavy (non-hydrogen) atoms. The monoisotopic (exact) mass is 421 g/mol. The van der Waals surface area contributed by atoms with Crippen molar-refractivity contribution in [3.05, 3.63) is 83.7 Å². The van der Waals surface area contributed by atoms with Gasteiger partial charge in [-0.15, -0.1) is 0 Å².